The molecular weight excluding hydrogens is 354 g/mol. The first kappa shape index (κ1) is 19.0. The van der Waals surface area contributed by atoms with Gasteiger partial charge < -0.3 is 14.8 Å². The molecule has 2 aliphatic rings. The summed E-state index contributed by atoms with van der Waals surface area (Å²) in [6.07, 6.45) is 6.83. The molecule has 0 saturated heterocycles. The molecule has 1 aliphatic carbocycles. The Labute approximate surface area is 165 Å². The van der Waals surface area contributed by atoms with Crippen LogP contribution in [0.4, 0.5) is 0 Å². The predicted octanol–water partition coefficient (Wildman–Crippen LogP) is 3.48. The van der Waals surface area contributed by atoms with Gasteiger partial charge in [0.15, 0.2) is 11.5 Å². The van der Waals surface area contributed by atoms with Gasteiger partial charge in [0.1, 0.15) is 5.82 Å². The number of fused-ring (bicyclic) bond motifs is 1. The van der Waals surface area contributed by atoms with Crippen LogP contribution in [0.5, 0.6) is 11.5 Å². The molecule has 1 aromatic carbocycles. The number of hydrogen-bond acceptors (Lipinski definition) is 5. The minimum Gasteiger partial charge on any atom is -0.504 e. The van der Waals surface area contributed by atoms with E-state index in [0.29, 0.717) is 31.4 Å². The maximum absolute atomic E-state index is 12.7. The average molecular weight is 383 g/mol. The first-order chi connectivity index (χ1) is 13.6. The van der Waals surface area contributed by atoms with Crippen LogP contribution < -0.4 is 10.3 Å². The van der Waals surface area contributed by atoms with Crippen LogP contribution in [-0.2, 0) is 19.5 Å². The number of phenolic OH excluding ortho intramolecular Hbond substituents is 1. The van der Waals surface area contributed by atoms with Gasteiger partial charge in [-0.2, -0.15) is 0 Å². The second-order valence-corrected chi connectivity index (χ2v) is 7.91. The fourth-order valence-electron chi connectivity index (χ4n) is 4.39. The van der Waals surface area contributed by atoms with Crippen molar-refractivity contribution in [2.75, 3.05) is 13.2 Å². The molecule has 1 fully saturated rings. The van der Waals surface area contributed by atoms with Gasteiger partial charge in [0, 0.05) is 32.0 Å². The summed E-state index contributed by atoms with van der Waals surface area (Å²) < 4.78 is 5.48. The number of ether oxygens (including phenoxy) is 1. The fourth-order valence-corrected chi connectivity index (χ4v) is 4.39. The van der Waals surface area contributed by atoms with Gasteiger partial charge in [0.25, 0.3) is 5.56 Å². The lowest BCUT2D eigenvalue weighted by Gasteiger charge is -2.29. The molecule has 0 amide bonds. The SMILES string of the molecule is CCOc1cc(CN2CCc3nc(C4CCCCC4)[nH]c(=O)c3C2)ccc1O. The number of rotatable bonds is 5. The molecule has 2 N–H and O–H groups in total. The van der Waals surface area contributed by atoms with Gasteiger partial charge in [-0.1, -0.05) is 25.3 Å². The molecule has 1 aromatic heterocycles. The highest BCUT2D eigenvalue weighted by molar-refractivity contribution is 5.41. The van der Waals surface area contributed by atoms with Crippen LogP contribution in [0, 0.1) is 0 Å². The number of H-pyrrole nitrogens is 1. The van der Waals surface area contributed by atoms with Crippen molar-refractivity contribution in [1.82, 2.24) is 14.9 Å². The molecule has 2 aromatic rings. The summed E-state index contributed by atoms with van der Waals surface area (Å²) >= 11 is 0. The van der Waals surface area contributed by atoms with Crippen molar-refractivity contribution in [2.45, 2.75) is 64.5 Å². The average Bonchev–Trinajstić information content (AvgIpc) is 2.72. The third-order valence-electron chi connectivity index (χ3n) is 5.89. The molecule has 1 aliphatic heterocycles. The van der Waals surface area contributed by atoms with Crippen LogP contribution in [-0.4, -0.2) is 33.1 Å². The number of aromatic amines is 1. The number of nitrogens with one attached hydrogen (secondary N) is 1. The number of aromatic nitrogens is 2. The van der Waals surface area contributed by atoms with E-state index in [2.05, 4.69) is 9.88 Å². The Hall–Kier alpha value is -2.34. The third kappa shape index (κ3) is 4.07. The van der Waals surface area contributed by atoms with Crippen LogP contribution in [0.1, 0.15) is 67.6 Å². The first-order valence-electron chi connectivity index (χ1n) is 10.4. The van der Waals surface area contributed by atoms with Crippen molar-refractivity contribution in [3.8, 4) is 11.5 Å². The van der Waals surface area contributed by atoms with E-state index in [9.17, 15) is 9.90 Å². The summed E-state index contributed by atoms with van der Waals surface area (Å²) in [5.41, 5.74) is 2.86. The van der Waals surface area contributed by atoms with E-state index in [-0.39, 0.29) is 11.3 Å². The van der Waals surface area contributed by atoms with Gasteiger partial charge in [0.05, 0.1) is 17.9 Å². The van der Waals surface area contributed by atoms with Crippen LogP contribution in [0.2, 0.25) is 0 Å². The highest BCUT2D eigenvalue weighted by atomic mass is 16.5. The van der Waals surface area contributed by atoms with Crippen molar-refractivity contribution in [3.63, 3.8) is 0 Å². The predicted molar refractivity (Wildman–Crippen MR) is 108 cm³/mol. The highest BCUT2D eigenvalue weighted by Gasteiger charge is 2.24. The van der Waals surface area contributed by atoms with Crippen LogP contribution in [0.3, 0.4) is 0 Å². The monoisotopic (exact) mass is 383 g/mol. The van der Waals surface area contributed by atoms with Crippen molar-refractivity contribution >= 4 is 0 Å². The van der Waals surface area contributed by atoms with Gasteiger partial charge in [0.2, 0.25) is 0 Å². The summed E-state index contributed by atoms with van der Waals surface area (Å²) in [5.74, 6) is 1.98. The van der Waals surface area contributed by atoms with Crippen molar-refractivity contribution in [2.24, 2.45) is 0 Å². The molecule has 1 saturated carbocycles. The number of nitrogens with zero attached hydrogens (tertiary/aromatic N) is 2. The lowest BCUT2D eigenvalue weighted by molar-refractivity contribution is 0.240. The zero-order valence-electron chi connectivity index (χ0n) is 16.5. The fraction of sp³-hybridized carbons (Fsp3) is 0.545. The molecule has 6 nitrogen and oxygen atoms in total. The Morgan fingerprint density at radius 3 is 2.89 bits per heavy atom. The molecule has 0 atom stereocenters. The van der Waals surface area contributed by atoms with Gasteiger partial charge in [-0.05, 0) is 37.5 Å². The topological polar surface area (TPSA) is 78.5 Å². The number of aromatic hydroxyl groups is 1. The lowest BCUT2D eigenvalue weighted by Crippen LogP contribution is -2.36. The second-order valence-electron chi connectivity index (χ2n) is 7.91. The molecule has 0 radical (unpaired) electrons. The highest BCUT2D eigenvalue weighted by Crippen LogP contribution is 2.31. The van der Waals surface area contributed by atoms with E-state index in [0.717, 1.165) is 48.5 Å². The van der Waals surface area contributed by atoms with Crippen molar-refractivity contribution in [1.29, 1.82) is 0 Å². The lowest BCUT2D eigenvalue weighted by atomic mass is 9.88. The molecule has 150 valence electrons. The third-order valence-corrected chi connectivity index (χ3v) is 5.89. The van der Waals surface area contributed by atoms with E-state index >= 15 is 0 Å². The maximum Gasteiger partial charge on any atom is 0.255 e. The quantitative estimate of drug-likeness (QED) is 0.826. The van der Waals surface area contributed by atoms with Crippen LogP contribution in [0.15, 0.2) is 23.0 Å². The molecule has 0 unspecified atom stereocenters. The van der Waals surface area contributed by atoms with Gasteiger partial charge in [-0.25, -0.2) is 4.98 Å². The zero-order chi connectivity index (χ0) is 19.5. The summed E-state index contributed by atoms with van der Waals surface area (Å²) in [6.45, 7) is 4.60. The largest absolute Gasteiger partial charge is 0.504 e. The smallest absolute Gasteiger partial charge is 0.255 e. The van der Waals surface area contributed by atoms with Gasteiger partial charge >= 0.3 is 0 Å². The number of phenols is 1. The van der Waals surface area contributed by atoms with E-state index in [4.69, 9.17) is 9.72 Å². The number of benzene rings is 1. The summed E-state index contributed by atoms with van der Waals surface area (Å²) in [6, 6.07) is 5.45. The second kappa shape index (κ2) is 8.35. The molecular formula is C22H29N3O3. The van der Waals surface area contributed by atoms with E-state index in [1.54, 1.807) is 6.07 Å². The summed E-state index contributed by atoms with van der Waals surface area (Å²) in [7, 11) is 0. The van der Waals surface area contributed by atoms with Crippen molar-refractivity contribution in [3.05, 3.63) is 51.2 Å². The Kier molecular flexibility index (Phi) is 5.67. The summed E-state index contributed by atoms with van der Waals surface area (Å²) in [4.78, 5) is 22.9. The Balaban J connectivity index is 1.49. The van der Waals surface area contributed by atoms with E-state index in [1.165, 1.54) is 19.3 Å². The minimum atomic E-state index is 0.0241. The van der Waals surface area contributed by atoms with E-state index < -0.39 is 0 Å². The molecule has 6 heteroatoms. The van der Waals surface area contributed by atoms with Crippen LogP contribution >= 0.6 is 0 Å². The van der Waals surface area contributed by atoms with Gasteiger partial charge in [-0.15, -0.1) is 0 Å². The molecule has 0 bridgehead atoms. The normalized spacial score (nSPS) is 18.0. The standard InChI is InChI=1S/C22H29N3O3/c1-2-28-20-12-15(8-9-19(20)26)13-25-11-10-18-17(14-25)22(27)24-21(23-18)16-6-4-3-5-7-16/h8-9,12,16,26H,2-7,10-11,13-14H2,1H3,(H,23,24,27). The molecule has 0 spiro atoms. The number of hydrogen-bond donors (Lipinski definition) is 2. The Morgan fingerprint density at radius 1 is 1.29 bits per heavy atom. The van der Waals surface area contributed by atoms with Gasteiger partial charge in [-0.3, -0.25) is 9.69 Å². The minimum absolute atomic E-state index is 0.0241. The maximum atomic E-state index is 12.7. The Bertz CT molecular complexity index is 887. The molecule has 28 heavy (non-hydrogen) atoms. The first-order valence-corrected chi connectivity index (χ1v) is 10.4. The molecule has 4 rings (SSSR count). The summed E-state index contributed by atoms with van der Waals surface area (Å²) in [5, 5.41) is 9.88. The zero-order valence-corrected chi connectivity index (χ0v) is 16.5. The van der Waals surface area contributed by atoms with E-state index in [1.807, 2.05) is 19.1 Å². The van der Waals surface area contributed by atoms with Crippen LogP contribution in [0.25, 0.3) is 0 Å². The molecule has 2 heterocycles. The van der Waals surface area contributed by atoms with Crippen molar-refractivity contribution < 1.29 is 9.84 Å². The Morgan fingerprint density at radius 2 is 2.11 bits per heavy atom.